The molecule has 0 atom stereocenters. The van der Waals surface area contributed by atoms with Gasteiger partial charge in [-0.3, -0.25) is 9.69 Å². The maximum Gasteiger partial charge on any atom is 0.409 e. The largest absolute Gasteiger partial charge is 0.493 e. The van der Waals surface area contributed by atoms with Crippen molar-refractivity contribution in [2.75, 3.05) is 79.1 Å². The van der Waals surface area contributed by atoms with E-state index in [9.17, 15) is 18.0 Å². The topological polar surface area (TPSA) is 122 Å². The molecule has 0 unspecified atom stereocenters. The summed E-state index contributed by atoms with van der Waals surface area (Å²) in [7, 11) is 3.26. The predicted molar refractivity (Wildman–Crippen MR) is 161 cm³/mol. The van der Waals surface area contributed by atoms with Crippen molar-refractivity contribution < 1.29 is 32.2 Å². The Kier molecular flexibility index (Phi) is 10.2. The molecule has 2 heterocycles. The minimum atomic E-state index is -3.80. The number of carbonyl (C=O) groups excluding carboxylic acids is 2. The molecule has 12 nitrogen and oxygen atoms in total. The number of hydrogen-bond acceptors (Lipinski definition) is 10. The van der Waals surface area contributed by atoms with Crippen molar-refractivity contribution in [2.45, 2.75) is 18.2 Å². The van der Waals surface area contributed by atoms with Crippen LogP contribution in [0.5, 0.6) is 11.5 Å². The van der Waals surface area contributed by atoms with Crippen LogP contribution in [0.4, 0.5) is 9.93 Å². The number of amides is 2. The molecule has 0 saturated carbocycles. The molecule has 0 N–H and O–H groups in total. The molecule has 228 valence electrons. The highest BCUT2D eigenvalue weighted by Crippen LogP contribution is 2.37. The summed E-state index contributed by atoms with van der Waals surface area (Å²) in [4.78, 5) is 35.7. The number of fused-ring (bicyclic) bond motifs is 1. The molecule has 4 rings (SSSR count). The molecule has 1 aliphatic heterocycles. The normalized spacial score (nSPS) is 14.3. The summed E-state index contributed by atoms with van der Waals surface area (Å²) < 4.78 is 44.6. The van der Waals surface area contributed by atoms with E-state index in [-0.39, 0.29) is 43.6 Å². The van der Waals surface area contributed by atoms with Crippen LogP contribution in [0.2, 0.25) is 0 Å². The Balaban J connectivity index is 1.55. The lowest BCUT2D eigenvalue weighted by Crippen LogP contribution is -2.50. The number of sulfonamides is 1. The molecule has 14 heteroatoms. The number of methoxy groups -OCH3 is 2. The quantitative estimate of drug-likeness (QED) is 0.318. The maximum absolute atomic E-state index is 13.8. The zero-order valence-corrected chi connectivity index (χ0v) is 26.2. The Bertz CT molecular complexity index is 1460. The number of aromatic nitrogens is 1. The average molecular weight is 620 g/mol. The van der Waals surface area contributed by atoms with Gasteiger partial charge in [0.1, 0.15) is 0 Å². The summed E-state index contributed by atoms with van der Waals surface area (Å²) in [6.45, 7) is 4.00. The summed E-state index contributed by atoms with van der Waals surface area (Å²) in [5.41, 5.74) is 1.03. The highest BCUT2D eigenvalue weighted by molar-refractivity contribution is 7.89. The first-order valence-electron chi connectivity index (χ1n) is 13.6. The minimum absolute atomic E-state index is 0.0852. The molecular weight excluding hydrogens is 582 g/mol. The average Bonchev–Trinajstić information content (AvgIpc) is 3.40. The van der Waals surface area contributed by atoms with Gasteiger partial charge in [0.2, 0.25) is 10.0 Å². The Hall–Kier alpha value is -3.46. The molecule has 0 bridgehead atoms. The number of hydrogen-bond donors (Lipinski definition) is 0. The Morgan fingerprint density at radius 2 is 1.62 bits per heavy atom. The lowest BCUT2D eigenvalue weighted by molar-refractivity contribution is 0.0933. The monoisotopic (exact) mass is 619 g/mol. The fourth-order valence-electron chi connectivity index (χ4n) is 4.59. The van der Waals surface area contributed by atoms with Crippen LogP contribution in [0.15, 0.2) is 41.3 Å². The van der Waals surface area contributed by atoms with E-state index in [0.29, 0.717) is 40.7 Å². The number of carbonyl (C=O) groups is 2. The summed E-state index contributed by atoms with van der Waals surface area (Å²) in [5.74, 6) is 0.843. The first-order valence-corrected chi connectivity index (χ1v) is 15.9. The molecule has 1 saturated heterocycles. The standard InChI is InChI=1S/C28H37N5O7S2/c1-6-40-28(35)31-14-16-32(17-15-31)42(36,37)21-10-8-20(9-11-21)26(34)33(13-7-12-30(2)3)27-29-22-18-23(38-4)24(39-5)19-25(22)41-27/h8-11,18-19H,6-7,12-17H2,1-5H3. The molecule has 1 fully saturated rings. The molecule has 2 amide bonds. The van der Waals surface area contributed by atoms with Gasteiger partial charge in [-0.1, -0.05) is 11.3 Å². The van der Waals surface area contributed by atoms with Gasteiger partial charge >= 0.3 is 6.09 Å². The maximum atomic E-state index is 13.8. The summed E-state index contributed by atoms with van der Waals surface area (Å²) in [5, 5.41) is 0.528. The number of anilines is 1. The lowest BCUT2D eigenvalue weighted by atomic mass is 10.2. The van der Waals surface area contributed by atoms with Gasteiger partial charge < -0.3 is 24.0 Å². The van der Waals surface area contributed by atoms with E-state index in [1.54, 1.807) is 32.1 Å². The third-order valence-corrected chi connectivity index (χ3v) is 9.80. The third-order valence-electron chi connectivity index (χ3n) is 6.85. The first kappa shape index (κ1) is 31.5. The van der Waals surface area contributed by atoms with Crippen LogP contribution in [0.1, 0.15) is 23.7 Å². The van der Waals surface area contributed by atoms with Gasteiger partial charge in [0.15, 0.2) is 16.6 Å². The van der Waals surface area contributed by atoms with E-state index in [1.807, 2.05) is 25.1 Å². The Morgan fingerprint density at radius 3 is 2.21 bits per heavy atom. The molecule has 0 aliphatic carbocycles. The minimum Gasteiger partial charge on any atom is -0.493 e. The molecule has 42 heavy (non-hydrogen) atoms. The number of ether oxygens (including phenoxy) is 3. The SMILES string of the molecule is CCOC(=O)N1CCN(S(=O)(=O)c2ccc(C(=O)N(CCCN(C)C)c3nc4cc(OC)c(OC)cc4s3)cc2)CC1. The summed E-state index contributed by atoms with van der Waals surface area (Å²) >= 11 is 1.37. The van der Waals surface area contributed by atoms with Crippen LogP contribution in [0.25, 0.3) is 10.2 Å². The highest BCUT2D eigenvalue weighted by Gasteiger charge is 2.31. The van der Waals surface area contributed by atoms with Gasteiger partial charge in [0.25, 0.3) is 5.91 Å². The fourth-order valence-corrected chi connectivity index (χ4v) is 7.01. The smallest absolute Gasteiger partial charge is 0.409 e. The number of rotatable bonds is 11. The third kappa shape index (κ3) is 6.94. The molecule has 1 aliphatic rings. The molecule has 2 aromatic carbocycles. The highest BCUT2D eigenvalue weighted by atomic mass is 32.2. The van der Waals surface area contributed by atoms with Crippen molar-refractivity contribution in [2.24, 2.45) is 0 Å². The van der Waals surface area contributed by atoms with Gasteiger partial charge in [0.05, 0.1) is 35.9 Å². The fraction of sp³-hybridized carbons (Fsp3) is 0.464. The van der Waals surface area contributed by atoms with Crippen molar-refractivity contribution in [3.05, 3.63) is 42.0 Å². The second kappa shape index (κ2) is 13.7. The molecule has 3 aromatic rings. The molecule has 1 aromatic heterocycles. The zero-order valence-electron chi connectivity index (χ0n) is 24.5. The summed E-state index contributed by atoms with van der Waals surface area (Å²) in [6, 6.07) is 9.58. The Morgan fingerprint density at radius 1 is 0.976 bits per heavy atom. The van der Waals surface area contributed by atoms with Crippen LogP contribution in [-0.2, 0) is 14.8 Å². The van der Waals surface area contributed by atoms with Crippen molar-refractivity contribution >= 4 is 48.7 Å². The Labute approximate surface area is 250 Å². The van der Waals surface area contributed by atoms with E-state index < -0.39 is 16.1 Å². The lowest BCUT2D eigenvalue weighted by Gasteiger charge is -2.33. The first-order chi connectivity index (χ1) is 20.1. The second-order valence-electron chi connectivity index (χ2n) is 9.90. The zero-order chi connectivity index (χ0) is 30.4. The number of thiazole rings is 1. The van der Waals surface area contributed by atoms with Gasteiger partial charge in [-0.25, -0.2) is 18.2 Å². The van der Waals surface area contributed by atoms with Gasteiger partial charge in [-0.2, -0.15) is 4.31 Å². The van der Waals surface area contributed by atoms with Crippen molar-refractivity contribution in [3.63, 3.8) is 0 Å². The van der Waals surface area contributed by atoms with Crippen LogP contribution < -0.4 is 14.4 Å². The van der Waals surface area contributed by atoms with Crippen LogP contribution in [-0.4, -0.2) is 114 Å². The van der Waals surface area contributed by atoms with Crippen molar-refractivity contribution in [1.82, 2.24) is 19.1 Å². The number of nitrogens with zero attached hydrogens (tertiary/aromatic N) is 5. The van der Waals surface area contributed by atoms with Crippen molar-refractivity contribution in [3.8, 4) is 11.5 Å². The van der Waals surface area contributed by atoms with E-state index in [4.69, 9.17) is 19.2 Å². The van der Waals surface area contributed by atoms with Gasteiger partial charge in [-0.15, -0.1) is 0 Å². The number of piperazine rings is 1. The van der Waals surface area contributed by atoms with Gasteiger partial charge in [0, 0.05) is 50.4 Å². The van der Waals surface area contributed by atoms with Crippen LogP contribution in [0.3, 0.4) is 0 Å². The molecule has 0 radical (unpaired) electrons. The van der Waals surface area contributed by atoms with Crippen LogP contribution in [0, 0.1) is 0 Å². The van der Waals surface area contributed by atoms with Crippen LogP contribution >= 0.6 is 11.3 Å². The van der Waals surface area contributed by atoms with E-state index >= 15 is 0 Å². The predicted octanol–water partition coefficient (Wildman–Crippen LogP) is 3.37. The van der Waals surface area contributed by atoms with E-state index in [1.165, 1.54) is 44.8 Å². The second-order valence-corrected chi connectivity index (χ2v) is 12.8. The number of benzene rings is 2. The molecular formula is C28H37N5O7S2. The van der Waals surface area contributed by atoms with Gasteiger partial charge in [-0.05, 0) is 58.3 Å². The van der Waals surface area contributed by atoms with E-state index in [0.717, 1.165) is 11.2 Å². The molecule has 0 spiro atoms. The van der Waals surface area contributed by atoms with E-state index in [2.05, 4.69) is 0 Å². The van der Waals surface area contributed by atoms with Crippen molar-refractivity contribution in [1.29, 1.82) is 0 Å². The summed E-state index contributed by atoms with van der Waals surface area (Å²) in [6.07, 6.45) is 0.268.